The first-order valence-electron chi connectivity index (χ1n) is 5.86. The van der Waals surface area contributed by atoms with Crippen molar-refractivity contribution in [3.8, 4) is 0 Å². The van der Waals surface area contributed by atoms with Gasteiger partial charge >= 0.3 is 0 Å². The first kappa shape index (κ1) is 14.7. The van der Waals surface area contributed by atoms with Crippen LogP contribution in [0.25, 0.3) is 0 Å². The van der Waals surface area contributed by atoms with Gasteiger partial charge in [0.25, 0.3) is 0 Å². The molecule has 1 saturated heterocycles. The number of hydrogen-bond donors (Lipinski definition) is 1. The number of Topliss-reactive ketones (excluding diaryl/α,β-unsaturated/α-hetero) is 1. The van der Waals surface area contributed by atoms with E-state index in [1.807, 2.05) is 13.0 Å². The van der Waals surface area contributed by atoms with Crippen LogP contribution in [0.2, 0.25) is 0 Å². The van der Waals surface area contributed by atoms with Crippen LogP contribution in [0.15, 0.2) is 13.6 Å². The molecule has 1 aliphatic rings. The lowest BCUT2D eigenvalue weighted by atomic mass is 10.0. The second-order valence-corrected chi connectivity index (χ2v) is 8.43. The average Bonchev–Trinajstić information content (AvgIpc) is 2.85. The Hall–Kier alpha value is 0.250. The molecule has 0 aromatic carbocycles. The van der Waals surface area contributed by atoms with Crippen molar-refractivity contribution in [2.45, 2.75) is 19.4 Å². The van der Waals surface area contributed by atoms with E-state index in [4.69, 9.17) is 0 Å². The largest absolute Gasteiger partial charge is 0.393 e. The van der Waals surface area contributed by atoms with Crippen LogP contribution in [0.5, 0.6) is 0 Å². The summed E-state index contributed by atoms with van der Waals surface area (Å²) in [5, 5.41) is 9.54. The van der Waals surface area contributed by atoms with Crippen molar-refractivity contribution >= 4 is 49.0 Å². The summed E-state index contributed by atoms with van der Waals surface area (Å²) in [6.45, 7) is 3.96. The Kier molecular flexibility index (Phi) is 4.99. The van der Waals surface area contributed by atoms with Crippen molar-refractivity contribution in [1.82, 2.24) is 4.90 Å². The fourth-order valence-electron chi connectivity index (χ4n) is 2.22. The highest BCUT2D eigenvalue weighted by molar-refractivity contribution is 9.12. The predicted octanol–water partition coefficient (Wildman–Crippen LogP) is 3.16. The van der Waals surface area contributed by atoms with E-state index in [1.54, 1.807) is 0 Å². The summed E-state index contributed by atoms with van der Waals surface area (Å²) in [6, 6.07) is 1.86. The molecule has 3 nitrogen and oxygen atoms in total. The average molecular weight is 397 g/mol. The third-order valence-electron chi connectivity index (χ3n) is 3.32. The first-order chi connectivity index (χ1) is 8.47. The fraction of sp³-hybridized carbons (Fsp3) is 0.583. The topological polar surface area (TPSA) is 40.5 Å². The van der Waals surface area contributed by atoms with Crippen LogP contribution in [-0.2, 0) is 0 Å². The number of hydrogen-bond acceptors (Lipinski definition) is 4. The van der Waals surface area contributed by atoms with Crippen molar-refractivity contribution in [2.75, 3.05) is 19.6 Å². The van der Waals surface area contributed by atoms with Crippen LogP contribution >= 0.6 is 43.2 Å². The Labute approximate surface area is 127 Å². The number of carbonyl (C=O) groups excluding carboxylic acids is 1. The summed E-state index contributed by atoms with van der Waals surface area (Å²) < 4.78 is 1.84. The van der Waals surface area contributed by atoms with Gasteiger partial charge in [-0.15, -0.1) is 11.3 Å². The number of likely N-dealkylation sites (tertiary alicyclic amines) is 1. The van der Waals surface area contributed by atoms with E-state index in [2.05, 4.69) is 36.8 Å². The monoisotopic (exact) mass is 395 g/mol. The van der Waals surface area contributed by atoms with Gasteiger partial charge in [0.1, 0.15) is 0 Å². The summed E-state index contributed by atoms with van der Waals surface area (Å²) in [5.41, 5.74) is 0.743. The van der Waals surface area contributed by atoms with Crippen LogP contribution in [0.4, 0.5) is 0 Å². The van der Waals surface area contributed by atoms with Gasteiger partial charge in [0.2, 0.25) is 0 Å². The van der Waals surface area contributed by atoms with Gasteiger partial charge < -0.3 is 5.11 Å². The van der Waals surface area contributed by atoms with Crippen molar-refractivity contribution in [3.05, 3.63) is 19.2 Å². The molecule has 1 aromatic heterocycles. The number of carbonyl (C=O) groups is 1. The molecule has 1 aliphatic heterocycles. The normalized spacial score (nSPS) is 22.3. The molecule has 2 rings (SSSR count). The van der Waals surface area contributed by atoms with Crippen LogP contribution in [-0.4, -0.2) is 41.5 Å². The van der Waals surface area contributed by atoms with E-state index in [1.165, 1.54) is 11.3 Å². The summed E-state index contributed by atoms with van der Waals surface area (Å²) in [6.07, 6.45) is 0.687. The van der Waals surface area contributed by atoms with E-state index in [9.17, 15) is 9.90 Å². The highest BCUT2D eigenvalue weighted by Crippen LogP contribution is 2.32. The molecule has 2 unspecified atom stereocenters. The summed E-state index contributed by atoms with van der Waals surface area (Å²) >= 11 is 8.31. The highest BCUT2D eigenvalue weighted by Gasteiger charge is 2.27. The number of rotatable bonds is 4. The number of ketones is 1. The second-order valence-electron chi connectivity index (χ2n) is 4.69. The molecule has 0 radical (unpaired) electrons. The van der Waals surface area contributed by atoms with E-state index < -0.39 is 0 Å². The Morgan fingerprint density at radius 1 is 1.67 bits per heavy atom. The summed E-state index contributed by atoms with van der Waals surface area (Å²) in [5.74, 6) is 0.436. The standard InChI is InChI=1S/C12H15Br2NO2S/c1-7(16)8-2-3-15(5-8)6-10(17)9-4-11(13)18-12(9)14/h4,7-8,16H,2-3,5-6H2,1H3. The minimum absolute atomic E-state index is 0.134. The second kappa shape index (κ2) is 6.13. The van der Waals surface area contributed by atoms with Crippen LogP contribution in [0.3, 0.4) is 0 Å². The maximum absolute atomic E-state index is 12.2. The van der Waals surface area contributed by atoms with Gasteiger partial charge in [-0.05, 0) is 63.7 Å². The number of halogens is 2. The van der Waals surface area contributed by atoms with Crippen molar-refractivity contribution < 1.29 is 9.90 Å². The summed E-state index contributed by atoms with van der Waals surface area (Å²) in [4.78, 5) is 14.3. The molecule has 0 bridgehead atoms. The lowest BCUT2D eigenvalue weighted by Crippen LogP contribution is -2.29. The van der Waals surface area contributed by atoms with E-state index in [-0.39, 0.29) is 11.9 Å². The zero-order chi connectivity index (χ0) is 13.3. The van der Waals surface area contributed by atoms with Gasteiger partial charge in [-0.2, -0.15) is 0 Å². The van der Waals surface area contributed by atoms with E-state index >= 15 is 0 Å². The molecule has 0 aliphatic carbocycles. The Morgan fingerprint density at radius 3 is 2.89 bits per heavy atom. The molecule has 1 fully saturated rings. The molecular weight excluding hydrogens is 382 g/mol. The minimum Gasteiger partial charge on any atom is -0.393 e. The number of aliphatic hydroxyl groups is 1. The lowest BCUT2D eigenvalue weighted by Gasteiger charge is -2.16. The molecule has 18 heavy (non-hydrogen) atoms. The third-order valence-corrected chi connectivity index (χ3v) is 5.65. The quantitative estimate of drug-likeness (QED) is 0.794. The SMILES string of the molecule is CC(O)C1CCN(CC(=O)c2cc(Br)sc2Br)C1. The lowest BCUT2D eigenvalue weighted by molar-refractivity contribution is 0.0925. The van der Waals surface area contributed by atoms with Gasteiger partial charge in [-0.25, -0.2) is 0 Å². The van der Waals surface area contributed by atoms with Gasteiger partial charge in [0, 0.05) is 12.1 Å². The molecule has 2 heterocycles. The van der Waals surface area contributed by atoms with Gasteiger partial charge in [0.15, 0.2) is 5.78 Å². The maximum Gasteiger partial charge on any atom is 0.178 e. The van der Waals surface area contributed by atoms with Gasteiger partial charge in [-0.3, -0.25) is 9.69 Å². The zero-order valence-electron chi connectivity index (χ0n) is 10.0. The third kappa shape index (κ3) is 3.42. The number of thiophene rings is 1. The van der Waals surface area contributed by atoms with Crippen molar-refractivity contribution in [1.29, 1.82) is 0 Å². The first-order valence-corrected chi connectivity index (χ1v) is 8.26. The molecule has 0 spiro atoms. The van der Waals surface area contributed by atoms with Crippen molar-refractivity contribution in [2.24, 2.45) is 5.92 Å². The maximum atomic E-state index is 12.2. The fourth-order valence-corrected chi connectivity index (χ4v) is 5.07. The smallest absolute Gasteiger partial charge is 0.178 e. The molecule has 0 saturated carbocycles. The molecule has 0 amide bonds. The van der Waals surface area contributed by atoms with Crippen LogP contribution in [0.1, 0.15) is 23.7 Å². The molecule has 100 valence electrons. The number of nitrogens with zero attached hydrogens (tertiary/aromatic N) is 1. The van der Waals surface area contributed by atoms with E-state index in [0.29, 0.717) is 12.5 Å². The minimum atomic E-state index is -0.285. The molecule has 1 N–H and O–H groups in total. The summed E-state index contributed by atoms with van der Waals surface area (Å²) in [7, 11) is 0. The Balaban J connectivity index is 1.95. The molecular formula is C12H15Br2NO2S. The highest BCUT2D eigenvalue weighted by atomic mass is 79.9. The molecule has 1 aromatic rings. The Bertz CT molecular complexity index is 447. The van der Waals surface area contributed by atoms with E-state index in [0.717, 1.165) is 32.6 Å². The molecule has 6 heteroatoms. The predicted molar refractivity (Wildman–Crippen MR) is 80.3 cm³/mol. The molecule has 2 atom stereocenters. The van der Waals surface area contributed by atoms with Gasteiger partial charge in [0.05, 0.1) is 20.2 Å². The van der Waals surface area contributed by atoms with Crippen LogP contribution in [0, 0.1) is 5.92 Å². The van der Waals surface area contributed by atoms with Crippen LogP contribution < -0.4 is 0 Å². The van der Waals surface area contributed by atoms with Gasteiger partial charge in [-0.1, -0.05) is 0 Å². The van der Waals surface area contributed by atoms with Crippen molar-refractivity contribution in [3.63, 3.8) is 0 Å². The number of aliphatic hydroxyl groups excluding tert-OH is 1. The zero-order valence-corrected chi connectivity index (χ0v) is 14.0. The Morgan fingerprint density at radius 2 is 2.39 bits per heavy atom.